The molecule has 66 heavy (non-hydrogen) atoms. The van der Waals surface area contributed by atoms with Gasteiger partial charge in [0.05, 0.1) is 18.8 Å². The highest BCUT2D eigenvalue weighted by Gasteiger charge is 2.22. The largest absolute Gasteiger partial charge is 0.394 e. The van der Waals surface area contributed by atoms with Crippen LogP contribution in [0.15, 0.2) is 48.6 Å². The summed E-state index contributed by atoms with van der Waals surface area (Å²) in [6.07, 6.45) is 74.9. The summed E-state index contributed by atoms with van der Waals surface area (Å²) >= 11 is 0. The summed E-state index contributed by atoms with van der Waals surface area (Å²) in [5.74, 6) is -0.515. The zero-order chi connectivity index (χ0) is 47.9. The molecule has 0 aromatic carbocycles. The van der Waals surface area contributed by atoms with Crippen molar-refractivity contribution in [2.24, 2.45) is 0 Å². The van der Waals surface area contributed by atoms with Crippen molar-refractivity contribution < 1.29 is 20.1 Å². The van der Waals surface area contributed by atoms with E-state index < -0.39 is 24.2 Å². The van der Waals surface area contributed by atoms with Crippen molar-refractivity contribution >= 4 is 5.91 Å². The van der Waals surface area contributed by atoms with Crippen LogP contribution in [0, 0.1) is 0 Å². The summed E-state index contributed by atoms with van der Waals surface area (Å²) in [5.41, 5.74) is 0. The van der Waals surface area contributed by atoms with E-state index in [4.69, 9.17) is 0 Å². The van der Waals surface area contributed by atoms with E-state index in [1.54, 1.807) is 6.08 Å². The monoisotopic (exact) mass is 926 g/mol. The molecular formula is C61H115NO4. The number of hydrogen-bond donors (Lipinski definition) is 4. The molecular weight excluding hydrogens is 811 g/mol. The summed E-state index contributed by atoms with van der Waals surface area (Å²) in [5, 5.41) is 33.4. The van der Waals surface area contributed by atoms with Crippen molar-refractivity contribution in [2.75, 3.05) is 6.61 Å². The SMILES string of the molecule is CCCCCCCCCCCCCC/C=C\CCCCCCCCCCCCCC(O)C(=O)NC(CO)C(O)/C=C/CC/C=C/CC/C=C/CCCCCCCCCCCCCCCCC. The highest BCUT2D eigenvalue weighted by atomic mass is 16.3. The van der Waals surface area contributed by atoms with Crippen LogP contribution in [-0.4, -0.2) is 46.1 Å². The van der Waals surface area contributed by atoms with E-state index in [0.29, 0.717) is 6.42 Å². The Balaban J connectivity index is 3.62. The van der Waals surface area contributed by atoms with Crippen LogP contribution in [-0.2, 0) is 4.79 Å². The van der Waals surface area contributed by atoms with Crippen molar-refractivity contribution in [3.8, 4) is 0 Å². The third-order valence-electron chi connectivity index (χ3n) is 13.6. The Bertz CT molecular complexity index is 1070. The Kier molecular flexibility index (Phi) is 54.5. The Morgan fingerprint density at radius 3 is 0.924 bits per heavy atom. The Morgan fingerprint density at radius 1 is 0.364 bits per heavy atom. The van der Waals surface area contributed by atoms with Gasteiger partial charge in [-0.25, -0.2) is 0 Å². The average Bonchev–Trinajstić information content (AvgIpc) is 3.32. The molecule has 0 radical (unpaired) electrons. The van der Waals surface area contributed by atoms with Gasteiger partial charge in [0, 0.05) is 0 Å². The third kappa shape index (κ3) is 50.2. The lowest BCUT2D eigenvalue weighted by atomic mass is 10.0. The smallest absolute Gasteiger partial charge is 0.249 e. The molecule has 0 rings (SSSR count). The fourth-order valence-corrected chi connectivity index (χ4v) is 9.04. The molecule has 0 aromatic rings. The van der Waals surface area contributed by atoms with Crippen LogP contribution in [0.3, 0.4) is 0 Å². The van der Waals surface area contributed by atoms with Crippen LogP contribution in [0.2, 0.25) is 0 Å². The van der Waals surface area contributed by atoms with Gasteiger partial charge in [0.1, 0.15) is 6.10 Å². The first-order valence-corrected chi connectivity index (χ1v) is 29.5. The molecule has 3 atom stereocenters. The number of carbonyl (C=O) groups is 1. The summed E-state index contributed by atoms with van der Waals surface area (Å²) < 4.78 is 0. The molecule has 5 nitrogen and oxygen atoms in total. The van der Waals surface area contributed by atoms with Crippen molar-refractivity contribution in [1.29, 1.82) is 0 Å². The lowest BCUT2D eigenvalue weighted by molar-refractivity contribution is -0.131. The van der Waals surface area contributed by atoms with Gasteiger partial charge in [-0.05, 0) is 70.6 Å². The fraction of sp³-hybridized carbons (Fsp3) is 0.852. The van der Waals surface area contributed by atoms with Crippen LogP contribution >= 0.6 is 0 Å². The zero-order valence-corrected chi connectivity index (χ0v) is 44.3. The minimum absolute atomic E-state index is 0.381. The molecule has 0 heterocycles. The second kappa shape index (κ2) is 55.9. The highest BCUT2D eigenvalue weighted by Crippen LogP contribution is 2.17. The standard InChI is InChI=1S/C61H115NO4/c1-3-5-7-9-11-13-15-17-19-21-23-25-27-29-30-32-34-36-38-40-42-44-46-48-50-52-54-56-60(65)61(66)62-58(57-63)59(64)55-53-51-49-47-45-43-41-39-37-35-33-31-28-26-24-22-20-18-16-14-12-10-8-6-4-2/h29-30,37,39,45,47,53,55,58-60,63-65H,3-28,31-36,38,40-44,46,48-52,54,56-57H2,1-2H3,(H,62,66)/b30-29-,39-37+,47-45+,55-53+. The second-order valence-electron chi connectivity index (χ2n) is 20.2. The Labute approximate surface area is 412 Å². The number of nitrogens with one attached hydrogen (secondary N) is 1. The Hall–Kier alpha value is -1.69. The first kappa shape index (κ1) is 64.3. The number of hydrogen-bond acceptors (Lipinski definition) is 4. The van der Waals surface area contributed by atoms with E-state index in [0.717, 1.165) is 44.9 Å². The molecule has 0 aliphatic rings. The minimum Gasteiger partial charge on any atom is -0.394 e. The maximum Gasteiger partial charge on any atom is 0.249 e. The van der Waals surface area contributed by atoms with E-state index >= 15 is 0 Å². The molecule has 0 aliphatic carbocycles. The average molecular weight is 927 g/mol. The molecule has 5 heteroatoms. The predicted molar refractivity (Wildman–Crippen MR) is 291 cm³/mol. The van der Waals surface area contributed by atoms with Crippen LogP contribution in [0.1, 0.15) is 309 Å². The maximum absolute atomic E-state index is 12.6. The third-order valence-corrected chi connectivity index (χ3v) is 13.6. The molecule has 0 saturated carbocycles. The molecule has 0 aliphatic heterocycles. The highest BCUT2D eigenvalue weighted by molar-refractivity contribution is 5.80. The number of aliphatic hydroxyl groups is 3. The Morgan fingerprint density at radius 2 is 0.621 bits per heavy atom. The van der Waals surface area contributed by atoms with Crippen molar-refractivity contribution in [1.82, 2.24) is 5.32 Å². The molecule has 0 fully saturated rings. The molecule has 0 aromatic heterocycles. The van der Waals surface area contributed by atoms with Gasteiger partial charge in [-0.2, -0.15) is 0 Å². The number of amides is 1. The molecule has 388 valence electrons. The van der Waals surface area contributed by atoms with E-state index in [2.05, 4.69) is 55.6 Å². The van der Waals surface area contributed by atoms with Gasteiger partial charge in [-0.3, -0.25) is 4.79 Å². The number of unbranched alkanes of at least 4 members (excludes halogenated alkanes) is 40. The topological polar surface area (TPSA) is 89.8 Å². The summed E-state index contributed by atoms with van der Waals surface area (Å²) in [6, 6.07) is -0.823. The summed E-state index contributed by atoms with van der Waals surface area (Å²) in [7, 11) is 0. The fourth-order valence-electron chi connectivity index (χ4n) is 9.04. The molecule has 4 N–H and O–H groups in total. The first-order chi connectivity index (χ1) is 32.6. The van der Waals surface area contributed by atoms with E-state index in [-0.39, 0.29) is 6.61 Å². The van der Waals surface area contributed by atoms with Gasteiger partial charge >= 0.3 is 0 Å². The van der Waals surface area contributed by atoms with E-state index in [1.807, 2.05) is 6.08 Å². The van der Waals surface area contributed by atoms with Crippen LogP contribution in [0.5, 0.6) is 0 Å². The molecule has 3 unspecified atom stereocenters. The lowest BCUT2D eigenvalue weighted by Crippen LogP contribution is -2.48. The van der Waals surface area contributed by atoms with Crippen molar-refractivity contribution in [3.05, 3.63) is 48.6 Å². The maximum atomic E-state index is 12.6. The number of carbonyl (C=O) groups excluding carboxylic acids is 1. The summed E-state index contributed by atoms with van der Waals surface area (Å²) in [6.45, 7) is 4.20. The second-order valence-corrected chi connectivity index (χ2v) is 20.2. The van der Waals surface area contributed by atoms with Crippen molar-refractivity contribution in [2.45, 2.75) is 327 Å². The van der Waals surface area contributed by atoms with E-state index in [1.165, 1.54) is 244 Å². The molecule has 1 amide bonds. The van der Waals surface area contributed by atoms with Gasteiger partial charge in [0.2, 0.25) is 5.91 Å². The van der Waals surface area contributed by atoms with Gasteiger partial charge < -0.3 is 20.6 Å². The number of allylic oxidation sites excluding steroid dienone is 7. The quantitative estimate of drug-likeness (QED) is 0.0361. The minimum atomic E-state index is -1.11. The molecule has 0 bridgehead atoms. The van der Waals surface area contributed by atoms with Crippen LogP contribution in [0.25, 0.3) is 0 Å². The normalized spacial score (nSPS) is 13.6. The number of rotatable bonds is 54. The molecule has 0 saturated heterocycles. The van der Waals surface area contributed by atoms with Gasteiger partial charge in [-0.1, -0.05) is 287 Å². The zero-order valence-electron chi connectivity index (χ0n) is 44.3. The van der Waals surface area contributed by atoms with Crippen LogP contribution < -0.4 is 5.32 Å². The van der Waals surface area contributed by atoms with Crippen LogP contribution in [0.4, 0.5) is 0 Å². The molecule has 0 spiro atoms. The van der Waals surface area contributed by atoms with Gasteiger partial charge in [0.25, 0.3) is 0 Å². The lowest BCUT2D eigenvalue weighted by Gasteiger charge is -2.21. The number of aliphatic hydroxyl groups excluding tert-OH is 3. The van der Waals surface area contributed by atoms with E-state index in [9.17, 15) is 20.1 Å². The first-order valence-electron chi connectivity index (χ1n) is 29.5. The summed E-state index contributed by atoms with van der Waals surface area (Å²) in [4.78, 5) is 12.6. The van der Waals surface area contributed by atoms with Gasteiger partial charge in [-0.15, -0.1) is 0 Å². The van der Waals surface area contributed by atoms with Gasteiger partial charge in [0.15, 0.2) is 0 Å². The van der Waals surface area contributed by atoms with Crippen molar-refractivity contribution in [3.63, 3.8) is 0 Å². The predicted octanol–water partition coefficient (Wildman–Crippen LogP) is 18.4.